The maximum Gasteiger partial charge on any atom is 0.254 e. The second-order valence-corrected chi connectivity index (χ2v) is 4.26. The molecule has 0 fully saturated rings. The van der Waals surface area contributed by atoms with Crippen LogP contribution in [0, 0.1) is 0 Å². The molecular weight excluding hydrogens is 256 g/mol. The lowest BCUT2D eigenvalue weighted by atomic mass is 10.2. The zero-order chi connectivity index (χ0) is 13.8. The highest BCUT2D eigenvalue weighted by molar-refractivity contribution is 5.93. The van der Waals surface area contributed by atoms with Crippen molar-refractivity contribution in [2.75, 3.05) is 0 Å². The van der Waals surface area contributed by atoms with Crippen molar-refractivity contribution >= 4 is 5.91 Å². The Hall–Kier alpha value is -2.82. The highest BCUT2D eigenvalue weighted by Gasteiger charge is 2.06. The van der Waals surface area contributed by atoms with Gasteiger partial charge in [0.2, 0.25) is 0 Å². The second kappa shape index (κ2) is 5.44. The molecule has 0 aliphatic rings. The van der Waals surface area contributed by atoms with Gasteiger partial charge in [0.05, 0.1) is 30.0 Å². The highest BCUT2D eigenvalue weighted by atomic mass is 16.3. The van der Waals surface area contributed by atoms with E-state index in [1.807, 2.05) is 18.2 Å². The van der Waals surface area contributed by atoms with Gasteiger partial charge in [0, 0.05) is 18.3 Å². The van der Waals surface area contributed by atoms with Crippen molar-refractivity contribution in [3.8, 4) is 11.3 Å². The van der Waals surface area contributed by atoms with Crippen LogP contribution in [0.1, 0.15) is 15.9 Å². The predicted molar refractivity (Wildman–Crippen MR) is 71.8 cm³/mol. The van der Waals surface area contributed by atoms with Gasteiger partial charge in [0.15, 0.2) is 0 Å². The highest BCUT2D eigenvalue weighted by Crippen LogP contribution is 2.17. The maximum absolute atomic E-state index is 11.7. The van der Waals surface area contributed by atoms with Gasteiger partial charge >= 0.3 is 0 Å². The first kappa shape index (κ1) is 12.2. The summed E-state index contributed by atoms with van der Waals surface area (Å²) in [5, 5.41) is 2.80. The third-order valence-electron chi connectivity index (χ3n) is 2.88. The monoisotopic (exact) mass is 268 g/mol. The summed E-state index contributed by atoms with van der Waals surface area (Å²) in [5.74, 6) is -0.169. The van der Waals surface area contributed by atoms with Gasteiger partial charge in [0.1, 0.15) is 6.26 Å². The average Bonchev–Trinajstić information content (AvgIpc) is 3.18. The SMILES string of the molecule is O=C(NCc1ccc(-c2ccoc2)nc1)c1ccoc1. The van der Waals surface area contributed by atoms with Crippen LogP contribution >= 0.6 is 0 Å². The van der Waals surface area contributed by atoms with Crippen LogP contribution in [0.25, 0.3) is 11.3 Å². The van der Waals surface area contributed by atoms with Crippen molar-refractivity contribution in [1.29, 1.82) is 0 Å². The van der Waals surface area contributed by atoms with Crippen molar-refractivity contribution in [3.63, 3.8) is 0 Å². The zero-order valence-corrected chi connectivity index (χ0v) is 10.6. The van der Waals surface area contributed by atoms with E-state index in [2.05, 4.69) is 10.3 Å². The average molecular weight is 268 g/mol. The Morgan fingerprint density at radius 1 is 1.10 bits per heavy atom. The number of amides is 1. The normalized spacial score (nSPS) is 10.4. The van der Waals surface area contributed by atoms with Crippen LogP contribution in [0.4, 0.5) is 0 Å². The standard InChI is InChI=1S/C15H12N2O3/c18-15(13-4-6-20-10-13)17-8-11-1-2-14(16-7-11)12-3-5-19-9-12/h1-7,9-10H,8H2,(H,17,18). The van der Waals surface area contributed by atoms with Gasteiger partial charge in [-0.15, -0.1) is 0 Å². The predicted octanol–water partition coefficient (Wildman–Crippen LogP) is 2.86. The van der Waals surface area contributed by atoms with Crippen molar-refractivity contribution in [1.82, 2.24) is 10.3 Å². The minimum Gasteiger partial charge on any atom is -0.472 e. The van der Waals surface area contributed by atoms with E-state index in [1.54, 1.807) is 24.8 Å². The number of nitrogens with zero attached hydrogens (tertiary/aromatic N) is 1. The maximum atomic E-state index is 11.7. The molecule has 0 atom stereocenters. The summed E-state index contributed by atoms with van der Waals surface area (Å²) < 4.78 is 9.88. The molecule has 0 saturated carbocycles. The summed E-state index contributed by atoms with van der Waals surface area (Å²) in [6.45, 7) is 0.419. The van der Waals surface area contributed by atoms with E-state index in [1.165, 1.54) is 12.5 Å². The number of nitrogens with one attached hydrogen (secondary N) is 1. The van der Waals surface area contributed by atoms with Crippen LogP contribution in [0.3, 0.4) is 0 Å². The van der Waals surface area contributed by atoms with Crippen LogP contribution < -0.4 is 5.32 Å². The fourth-order valence-electron chi connectivity index (χ4n) is 1.79. The molecule has 3 aromatic rings. The Kier molecular flexibility index (Phi) is 3.33. The molecule has 3 heterocycles. The van der Waals surface area contributed by atoms with Crippen LogP contribution in [0.2, 0.25) is 0 Å². The largest absolute Gasteiger partial charge is 0.472 e. The number of rotatable bonds is 4. The van der Waals surface area contributed by atoms with E-state index in [0.717, 1.165) is 16.8 Å². The molecule has 0 bridgehead atoms. The van der Waals surface area contributed by atoms with Crippen LogP contribution in [0.5, 0.6) is 0 Å². The third-order valence-corrected chi connectivity index (χ3v) is 2.88. The second-order valence-electron chi connectivity index (χ2n) is 4.26. The Labute approximate surface area is 115 Å². The molecule has 1 amide bonds. The van der Waals surface area contributed by atoms with E-state index in [-0.39, 0.29) is 5.91 Å². The molecular formula is C15H12N2O3. The lowest BCUT2D eigenvalue weighted by Gasteiger charge is -2.04. The summed E-state index contributed by atoms with van der Waals surface area (Å²) in [6.07, 6.45) is 7.86. The molecule has 0 aliphatic heterocycles. The molecule has 0 unspecified atom stereocenters. The quantitative estimate of drug-likeness (QED) is 0.790. The van der Waals surface area contributed by atoms with E-state index < -0.39 is 0 Å². The molecule has 5 nitrogen and oxygen atoms in total. The minimum atomic E-state index is -0.169. The fourth-order valence-corrected chi connectivity index (χ4v) is 1.79. The lowest BCUT2D eigenvalue weighted by Crippen LogP contribution is -2.22. The summed E-state index contributed by atoms with van der Waals surface area (Å²) >= 11 is 0. The number of hydrogen-bond acceptors (Lipinski definition) is 4. The Balaban J connectivity index is 1.63. The molecule has 0 saturated heterocycles. The first-order valence-electron chi connectivity index (χ1n) is 6.11. The Morgan fingerprint density at radius 3 is 2.60 bits per heavy atom. The first-order valence-corrected chi connectivity index (χ1v) is 6.11. The zero-order valence-electron chi connectivity index (χ0n) is 10.6. The van der Waals surface area contributed by atoms with E-state index in [0.29, 0.717) is 12.1 Å². The van der Waals surface area contributed by atoms with Crippen molar-refractivity contribution in [2.24, 2.45) is 0 Å². The molecule has 100 valence electrons. The van der Waals surface area contributed by atoms with Gasteiger partial charge in [-0.1, -0.05) is 6.07 Å². The first-order chi connectivity index (χ1) is 9.83. The number of aromatic nitrogens is 1. The van der Waals surface area contributed by atoms with Crippen molar-refractivity contribution in [3.05, 3.63) is 66.6 Å². The molecule has 0 aromatic carbocycles. The molecule has 0 aliphatic carbocycles. The van der Waals surface area contributed by atoms with Crippen LogP contribution in [-0.2, 0) is 6.54 Å². The Morgan fingerprint density at radius 2 is 1.95 bits per heavy atom. The number of carbonyl (C=O) groups excluding carboxylic acids is 1. The van der Waals surface area contributed by atoms with Gasteiger partial charge in [-0.3, -0.25) is 9.78 Å². The molecule has 0 spiro atoms. The summed E-state index contributed by atoms with van der Waals surface area (Å²) in [7, 11) is 0. The van der Waals surface area contributed by atoms with Crippen LogP contribution in [-0.4, -0.2) is 10.9 Å². The molecule has 3 rings (SSSR count). The summed E-state index contributed by atoms with van der Waals surface area (Å²) in [4.78, 5) is 16.1. The van der Waals surface area contributed by atoms with Gasteiger partial charge in [0.25, 0.3) is 5.91 Å². The van der Waals surface area contributed by atoms with E-state index in [4.69, 9.17) is 8.83 Å². The van der Waals surface area contributed by atoms with Crippen molar-refractivity contribution in [2.45, 2.75) is 6.54 Å². The van der Waals surface area contributed by atoms with Gasteiger partial charge < -0.3 is 14.2 Å². The topological polar surface area (TPSA) is 68.3 Å². The van der Waals surface area contributed by atoms with Gasteiger partial charge in [-0.05, 0) is 23.8 Å². The number of carbonyl (C=O) groups is 1. The smallest absolute Gasteiger partial charge is 0.254 e. The van der Waals surface area contributed by atoms with E-state index in [9.17, 15) is 4.79 Å². The lowest BCUT2D eigenvalue weighted by molar-refractivity contribution is 0.0950. The molecule has 3 aromatic heterocycles. The molecule has 5 heteroatoms. The molecule has 1 N–H and O–H groups in total. The number of hydrogen-bond donors (Lipinski definition) is 1. The molecule has 20 heavy (non-hydrogen) atoms. The van der Waals surface area contributed by atoms with Crippen LogP contribution in [0.15, 0.2) is 64.3 Å². The van der Waals surface area contributed by atoms with Gasteiger partial charge in [-0.25, -0.2) is 0 Å². The summed E-state index contributed by atoms with van der Waals surface area (Å²) in [5.41, 5.74) is 3.20. The van der Waals surface area contributed by atoms with Crippen molar-refractivity contribution < 1.29 is 13.6 Å². The minimum absolute atomic E-state index is 0.169. The third kappa shape index (κ3) is 2.61. The fraction of sp³-hybridized carbons (Fsp3) is 0.0667. The Bertz CT molecular complexity index is 671. The number of furan rings is 2. The summed E-state index contributed by atoms with van der Waals surface area (Å²) in [6, 6.07) is 7.29. The molecule has 0 radical (unpaired) electrons. The van der Waals surface area contributed by atoms with E-state index >= 15 is 0 Å². The number of pyridine rings is 1. The van der Waals surface area contributed by atoms with Gasteiger partial charge in [-0.2, -0.15) is 0 Å².